The lowest BCUT2D eigenvalue weighted by atomic mass is 9.98. The molecule has 0 aromatic heterocycles. The van der Waals surface area contributed by atoms with E-state index in [1.165, 1.54) is 38.5 Å². The standard InChI is InChI=1S/C15H30N2O/c1-2-3-4-5-6-10-15(18)17-13-8-7-9-14(17)11-12-16/h14H,2-13,16H2,1H3. The summed E-state index contributed by atoms with van der Waals surface area (Å²) in [5, 5.41) is 0. The van der Waals surface area contributed by atoms with E-state index in [-0.39, 0.29) is 0 Å². The number of likely N-dealkylation sites (tertiary alicyclic amines) is 1. The lowest BCUT2D eigenvalue weighted by molar-refractivity contribution is -0.135. The fourth-order valence-electron chi connectivity index (χ4n) is 2.84. The molecule has 0 saturated carbocycles. The van der Waals surface area contributed by atoms with Crippen molar-refractivity contribution < 1.29 is 4.79 Å². The molecule has 0 aromatic rings. The molecule has 3 heteroatoms. The van der Waals surface area contributed by atoms with Crippen LogP contribution >= 0.6 is 0 Å². The average Bonchev–Trinajstić information content (AvgIpc) is 2.39. The molecule has 2 N–H and O–H groups in total. The smallest absolute Gasteiger partial charge is 0.222 e. The maximum Gasteiger partial charge on any atom is 0.222 e. The van der Waals surface area contributed by atoms with Crippen LogP contribution in [0.2, 0.25) is 0 Å². The first-order chi connectivity index (χ1) is 8.79. The van der Waals surface area contributed by atoms with Crippen molar-refractivity contribution in [3.05, 3.63) is 0 Å². The number of nitrogens with zero attached hydrogens (tertiary/aromatic N) is 1. The second-order valence-corrected chi connectivity index (χ2v) is 5.48. The van der Waals surface area contributed by atoms with Gasteiger partial charge in [0.1, 0.15) is 0 Å². The van der Waals surface area contributed by atoms with Crippen LogP contribution in [0.4, 0.5) is 0 Å². The van der Waals surface area contributed by atoms with Crippen LogP contribution in [-0.2, 0) is 4.79 Å². The molecule has 0 bridgehead atoms. The second kappa shape index (κ2) is 9.37. The van der Waals surface area contributed by atoms with Gasteiger partial charge < -0.3 is 10.6 Å². The summed E-state index contributed by atoms with van der Waals surface area (Å²) < 4.78 is 0. The molecule has 3 nitrogen and oxygen atoms in total. The zero-order chi connectivity index (χ0) is 13.2. The highest BCUT2D eigenvalue weighted by Gasteiger charge is 2.25. The Kier molecular flexibility index (Phi) is 8.06. The van der Waals surface area contributed by atoms with Crippen molar-refractivity contribution in [2.45, 2.75) is 77.2 Å². The Bertz CT molecular complexity index is 229. The van der Waals surface area contributed by atoms with E-state index in [2.05, 4.69) is 11.8 Å². The van der Waals surface area contributed by atoms with Crippen molar-refractivity contribution >= 4 is 5.91 Å². The maximum atomic E-state index is 12.2. The number of nitrogens with two attached hydrogens (primary N) is 1. The summed E-state index contributed by atoms with van der Waals surface area (Å²) in [6, 6.07) is 0.423. The normalized spacial score (nSPS) is 20.1. The number of piperidine rings is 1. The quantitative estimate of drug-likeness (QED) is 0.677. The Labute approximate surface area is 112 Å². The van der Waals surface area contributed by atoms with Crippen molar-refractivity contribution in [2.75, 3.05) is 13.1 Å². The summed E-state index contributed by atoms with van der Waals surface area (Å²) in [5.41, 5.74) is 5.64. The van der Waals surface area contributed by atoms with Crippen LogP contribution in [0.1, 0.15) is 71.1 Å². The predicted octanol–water partition coefficient (Wildman–Crippen LogP) is 3.08. The molecule has 1 unspecified atom stereocenters. The zero-order valence-corrected chi connectivity index (χ0v) is 12.0. The van der Waals surface area contributed by atoms with Gasteiger partial charge in [-0.3, -0.25) is 4.79 Å². The maximum absolute atomic E-state index is 12.2. The number of hydrogen-bond donors (Lipinski definition) is 1. The molecular formula is C15H30N2O. The van der Waals surface area contributed by atoms with E-state index in [1.807, 2.05) is 0 Å². The highest BCUT2D eigenvalue weighted by atomic mass is 16.2. The summed E-state index contributed by atoms with van der Waals surface area (Å²) >= 11 is 0. The van der Waals surface area contributed by atoms with E-state index in [1.54, 1.807) is 0 Å². The first kappa shape index (κ1) is 15.5. The molecule has 0 spiro atoms. The van der Waals surface area contributed by atoms with E-state index >= 15 is 0 Å². The Morgan fingerprint density at radius 1 is 1.22 bits per heavy atom. The molecule has 1 fully saturated rings. The minimum atomic E-state index is 0.365. The third kappa shape index (κ3) is 5.38. The van der Waals surface area contributed by atoms with Crippen LogP contribution in [0.25, 0.3) is 0 Å². The number of carbonyl (C=O) groups excluding carboxylic acids is 1. The van der Waals surface area contributed by atoms with Crippen molar-refractivity contribution in [1.82, 2.24) is 4.90 Å². The Balaban J connectivity index is 2.25. The van der Waals surface area contributed by atoms with E-state index in [4.69, 9.17) is 5.73 Å². The lowest BCUT2D eigenvalue weighted by Gasteiger charge is -2.35. The summed E-state index contributed by atoms with van der Waals surface area (Å²) in [5.74, 6) is 0.365. The molecule has 1 aliphatic heterocycles. The summed E-state index contributed by atoms with van der Waals surface area (Å²) in [7, 11) is 0. The van der Waals surface area contributed by atoms with Crippen LogP contribution in [0.15, 0.2) is 0 Å². The third-order valence-corrected chi connectivity index (χ3v) is 3.94. The van der Waals surface area contributed by atoms with Gasteiger partial charge in [-0.15, -0.1) is 0 Å². The molecule has 1 saturated heterocycles. The molecule has 1 rings (SSSR count). The van der Waals surface area contributed by atoms with Crippen LogP contribution in [0, 0.1) is 0 Å². The van der Waals surface area contributed by atoms with Crippen molar-refractivity contribution in [1.29, 1.82) is 0 Å². The van der Waals surface area contributed by atoms with Crippen molar-refractivity contribution in [3.63, 3.8) is 0 Å². The average molecular weight is 254 g/mol. The molecule has 106 valence electrons. The van der Waals surface area contributed by atoms with Gasteiger partial charge >= 0.3 is 0 Å². The molecule has 0 radical (unpaired) electrons. The molecule has 18 heavy (non-hydrogen) atoms. The third-order valence-electron chi connectivity index (χ3n) is 3.94. The van der Waals surface area contributed by atoms with E-state index < -0.39 is 0 Å². The Hall–Kier alpha value is -0.570. The number of carbonyl (C=O) groups is 1. The number of amides is 1. The first-order valence-electron chi connectivity index (χ1n) is 7.79. The van der Waals surface area contributed by atoms with Crippen molar-refractivity contribution in [2.24, 2.45) is 5.73 Å². The summed E-state index contributed by atoms with van der Waals surface area (Å²) in [6.07, 6.45) is 11.4. The number of hydrogen-bond acceptors (Lipinski definition) is 2. The Morgan fingerprint density at radius 2 is 2.00 bits per heavy atom. The topological polar surface area (TPSA) is 46.3 Å². The lowest BCUT2D eigenvalue weighted by Crippen LogP contribution is -2.44. The van der Waals surface area contributed by atoms with E-state index in [0.717, 1.165) is 32.2 Å². The molecule has 0 aromatic carbocycles. The van der Waals surface area contributed by atoms with E-state index in [0.29, 0.717) is 18.5 Å². The van der Waals surface area contributed by atoms with Crippen LogP contribution in [0.5, 0.6) is 0 Å². The molecule has 1 amide bonds. The minimum absolute atomic E-state index is 0.365. The van der Waals surface area contributed by atoms with Gasteiger partial charge in [-0.05, 0) is 38.6 Å². The predicted molar refractivity (Wildman–Crippen MR) is 76.4 cm³/mol. The molecular weight excluding hydrogens is 224 g/mol. The highest BCUT2D eigenvalue weighted by molar-refractivity contribution is 5.76. The minimum Gasteiger partial charge on any atom is -0.340 e. The largest absolute Gasteiger partial charge is 0.340 e. The fraction of sp³-hybridized carbons (Fsp3) is 0.933. The van der Waals surface area contributed by atoms with Crippen LogP contribution in [0.3, 0.4) is 0 Å². The Morgan fingerprint density at radius 3 is 2.72 bits per heavy atom. The van der Waals surface area contributed by atoms with Gasteiger partial charge in [0.05, 0.1) is 0 Å². The number of unbranched alkanes of at least 4 members (excludes halogenated alkanes) is 4. The van der Waals surface area contributed by atoms with Crippen LogP contribution < -0.4 is 5.73 Å². The number of rotatable bonds is 8. The SMILES string of the molecule is CCCCCCCC(=O)N1CCCCC1CCN. The zero-order valence-electron chi connectivity index (χ0n) is 12.0. The second-order valence-electron chi connectivity index (χ2n) is 5.48. The van der Waals surface area contributed by atoms with Crippen molar-refractivity contribution in [3.8, 4) is 0 Å². The van der Waals surface area contributed by atoms with Gasteiger partial charge in [-0.25, -0.2) is 0 Å². The monoisotopic (exact) mass is 254 g/mol. The molecule has 1 aliphatic rings. The van der Waals surface area contributed by atoms with Gasteiger partial charge in [-0.2, -0.15) is 0 Å². The van der Waals surface area contributed by atoms with Gasteiger partial charge in [0.2, 0.25) is 5.91 Å². The molecule has 0 aliphatic carbocycles. The van der Waals surface area contributed by atoms with Gasteiger partial charge in [0, 0.05) is 19.0 Å². The molecule has 1 heterocycles. The van der Waals surface area contributed by atoms with Crippen LogP contribution in [-0.4, -0.2) is 29.9 Å². The summed E-state index contributed by atoms with van der Waals surface area (Å²) in [4.78, 5) is 14.3. The summed E-state index contributed by atoms with van der Waals surface area (Å²) in [6.45, 7) is 3.87. The molecule has 1 atom stereocenters. The fourth-order valence-corrected chi connectivity index (χ4v) is 2.84. The highest BCUT2D eigenvalue weighted by Crippen LogP contribution is 2.20. The van der Waals surface area contributed by atoms with Gasteiger partial charge in [-0.1, -0.05) is 32.6 Å². The van der Waals surface area contributed by atoms with E-state index in [9.17, 15) is 4.79 Å². The first-order valence-corrected chi connectivity index (χ1v) is 7.79. The van der Waals surface area contributed by atoms with Gasteiger partial charge in [0.15, 0.2) is 0 Å². The van der Waals surface area contributed by atoms with Gasteiger partial charge in [0.25, 0.3) is 0 Å².